The first-order valence-corrected chi connectivity index (χ1v) is 7.17. The van der Waals surface area contributed by atoms with E-state index in [1.807, 2.05) is 6.07 Å². The van der Waals surface area contributed by atoms with Crippen molar-refractivity contribution in [3.63, 3.8) is 0 Å². The van der Waals surface area contributed by atoms with Crippen molar-refractivity contribution < 1.29 is 8.42 Å². The molecule has 6 heteroatoms. The van der Waals surface area contributed by atoms with Crippen LogP contribution in [0.25, 0.3) is 0 Å². The van der Waals surface area contributed by atoms with Gasteiger partial charge in [-0.15, -0.1) is 0 Å². The highest BCUT2D eigenvalue weighted by atomic mass is 127. The van der Waals surface area contributed by atoms with Gasteiger partial charge < -0.3 is 0 Å². The van der Waals surface area contributed by atoms with E-state index in [9.17, 15) is 8.42 Å². The van der Waals surface area contributed by atoms with Crippen LogP contribution < -0.4 is 4.72 Å². The monoisotopic (exact) mass is 336 g/mol. The van der Waals surface area contributed by atoms with Gasteiger partial charge in [-0.3, -0.25) is 0 Å². The molecule has 0 bridgehead atoms. The summed E-state index contributed by atoms with van der Waals surface area (Å²) in [6.45, 7) is 0.389. The third-order valence-electron chi connectivity index (χ3n) is 1.66. The Balaban J connectivity index is 3.01. The number of nitriles is 1. The van der Waals surface area contributed by atoms with Gasteiger partial charge in [-0.25, -0.2) is 13.1 Å². The smallest absolute Gasteiger partial charge is 0.210 e. The standard InChI is InChI=1S/C9H9IN2O2S/c10-4-5-12-15(13,14)9-3-1-2-8(6-9)7-11/h1-3,6,12H,4-5H2. The van der Waals surface area contributed by atoms with E-state index in [2.05, 4.69) is 27.3 Å². The fourth-order valence-electron chi connectivity index (χ4n) is 0.989. The molecular formula is C9H9IN2O2S. The van der Waals surface area contributed by atoms with Crippen LogP contribution in [-0.2, 0) is 10.0 Å². The van der Waals surface area contributed by atoms with Crippen molar-refractivity contribution in [2.24, 2.45) is 0 Å². The third-order valence-corrected chi connectivity index (χ3v) is 3.66. The zero-order valence-electron chi connectivity index (χ0n) is 7.77. The van der Waals surface area contributed by atoms with Crippen molar-refractivity contribution in [1.29, 1.82) is 5.26 Å². The minimum absolute atomic E-state index is 0.131. The van der Waals surface area contributed by atoms with Crippen LogP contribution in [-0.4, -0.2) is 19.4 Å². The summed E-state index contributed by atoms with van der Waals surface area (Å²) in [6, 6.07) is 7.85. The van der Waals surface area contributed by atoms with E-state index in [0.717, 1.165) is 0 Å². The zero-order valence-corrected chi connectivity index (χ0v) is 10.7. The van der Waals surface area contributed by atoms with Crippen LogP contribution in [0, 0.1) is 11.3 Å². The molecule has 1 aromatic carbocycles. The Hall–Kier alpha value is -0.650. The Kier molecular flexibility index (Phi) is 4.50. The molecule has 0 saturated heterocycles. The number of benzene rings is 1. The number of sulfonamides is 1. The third kappa shape index (κ3) is 3.44. The molecule has 0 spiro atoms. The predicted molar refractivity (Wildman–Crippen MR) is 65.2 cm³/mol. The second-order valence-corrected chi connectivity index (χ2v) is 5.57. The lowest BCUT2D eigenvalue weighted by molar-refractivity contribution is 0.584. The molecule has 0 atom stereocenters. The Morgan fingerprint density at radius 1 is 1.47 bits per heavy atom. The second kappa shape index (κ2) is 5.44. The van der Waals surface area contributed by atoms with Crippen LogP contribution in [0.15, 0.2) is 29.2 Å². The predicted octanol–water partition coefficient (Wildman–Crippen LogP) is 1.27. The lowest BCUT2D eigenvalue weighted by Gasteiger charge is -2.04. The van der Waals surface area contributed by atoms with E-state index in [-0.39, 0.29) is 4.90 Å². The van der Waals surface area contributed by atoms with Crippen molar-refractivity contribution >= 4 is 32.6 Å². The van der Waals surface area contributed by atoms with Crippen LogP contribution in [0.4, 0.5) is 0 Å². The highest BCUT2D eigenvalue weighted by Crippen LogP contribution is 2.10. The van der Waals surface area contributed by atoms with Gasteiger partial charge >= 0.3 is 0 Å². The Morgan fingerprint density at radius 3 is 2.80 bits per heavy atom. The zero-order chi connectivity index (χ0) is 11.3. The van der Waals surface area contributed by atoms with Crippen molar-refractivity contribution in [3.8, 4) is 6.07 Å². The number of nitrogens with one attached hydrogen (secondary N) is 1. The Labute approximate surface area is 102 Å². The summed E-state index contributed by atoms with van der Waals surface area (Å²) in [5.74, 6) is 0. The molecule has 0 heterocycles. The van der Waals surface area contributed by atoms with E-state index >= 15 is 0 Å². The summed E-state index contributed by atoms with van der Waals surface area (Å²) in [5.41, 5.74) is 0.340. The number of rotatable bonds is 4. The molecule has 0 aliphatic rings. The van der Waals surface area contributed by atoms with E-state index in [4.69, 9.17) is 5.26 Å². The molecule has 0 aliphatic carbocycles. The van der Waals surface area contributed by atoms with Crippen LogP contribution >= 0.6 is 22.6 Å². The van der Waals surface area contributed by atoms with Crippen LogP contribution in [0.3, 0.4) is 0 Å². The summed E-state index contributed by atoms with van der Waals surface area (Å²) in [5, 5.41) is 8.64. The average Bonchev–Trinajstić information content (AvgIpc) is 2.26. The highest BCUT2D eigenvalue weighted by molar-refractivity contribution is 14.1. The van der Waals surface area contributed by atoms with Gasteiger partial charge in [0.1, 0.15) is 0 Å². The molecule has 1 N–H and O–H groups in total. The molecule has 4 nitrogen and oxygen atoms in total. The number of hydrogen-bond acceptors (Lipinski definition) is 3. The normalized spacial score (nSPS) is 10.9. The van der Waals surface area contributed by atoms with Gasteiger partial charge in [0.2, 0.25) is 10.0 Å². The molecule has 0 aliphatic heterocycles. The summed E-state index contributed by atoms with van der Waals surface area (Å²) < 4.78 is 26.4. The van der Waals surface area contributed by atoms with E-state index in [1.165, 1.54) is 12.1 Å². The van der Waals surface area contributed by atoms with Gasteiger partial charge in [0.25, 0.3) is 0 Å². The van der Waals surface area contributed by atoms with Gasteiger partial charge in [-0.2, -0.15) is 5.26 Å². The lowest BCUT2D eigenvalue weighted by atomic mass is 10.2. The largest absolute Gasteiger partial charge is 0.240 e. The summed E-state index contributed by atoms with van der Waals surface area (Å²) in [7, 11) is -3.46. The van der Waals surface area contributed by atoms with E-state index < -0.39 is 10.0 Å². The maximum atomic E-state index is 11.6. The van der Waals surface area contributed by atoms with Crippen LogP contribution in [0.1, 0.15) is 5.56 Å². The van der Waals surface area contributed by atoms with Crippen LogP contribution in [0.2, 0.25) is 0 Å². The Bertz CT molecular complexity index is 479. The summed E-state index contributed by atoms with van der Waals surface area (Å²) in [6.07, 6.45) is 0. The Morgan fingerprint density at radius 2 is 2.20 bits per heavy atom. The van der Waals surface area contributed by atoms with Gasteiger partial charge in [0, 0.05) is 11.0 Å². The minimum atomic E-state index is -3.46. The maximum absolute atomic E-state index is 11.6. The fourth-order valence-corrected chi connectivity index (χ4v) is 2.70. The van der Waals surface area contributed by atoms with Crippen molar-refractivity contribution in [2.75, 3.05) is 11.0 Å². The van der Waals surface area contributed by atoms with Crippen molar-refractivity contribution in [3.05, 3.63) is 29.8 Å². The van der Waals surface area contributed by atoms with Gasteiger partial charge in [-0.1, -0.05) is 28.7 Å². The molecule has 1 rings (SSSR count). The van der Waals surface area contributed by atoms with Crippen LogP contribution in [0.5, 0.6) is 0 Å². The molecular weight excluding hydrogens is 327 g/mol. The molecule has 0 unspecified atom stereocenters. The molecule has 1 aromatic rings. The highest BCUT2D eigenvalue weighted by Gasteiger charge is 2.12. The second-order valence-electron chi connectivity index (χ2n) is 2.73. The fraction of sp³-hybridized carbons (Fsp3) is 0.222. The molecule has 0 saturated carbocycles. The maximum Gasteiger partial charge on any atom is 0.240 e. The number of alkyl halides is 1. The summed E-state index contributed by atoms with van der Waals surface area (Å²) >= 11 is 2.08. The lowest BCUT2D eigenvalue weighted by Crippen LogP contribution is -2.25. The van der Waals surface area contributed by atoms with Crippen molar-refractivity contribution in [1.82, 2.24) is 4.72 Å². The molecule has 15 heavy (non-hydrogen) atoms. The van der Waals surface area contributed by atoms with Crippen molar-refractivity contribution in [2.45, 2.75) is 4.90 Å². The molecule has 80 valence electrons. The first-order valence-electron chi connectivity index (χ1n) is 4.16. The summed E-state index contributed by atoms with van der Waals surface area (Å²) in [4.78, 5) is 0.131. The molecule has 0 radical (unpaired) electrons. The SMILES string of the molecule is N#Cc1cccc(S(=O)(=O)NCCI)c1. The van der Waals surface area contributed by atoms with Gasteiger partial charge in [0.05, 0.1) is 16.5 Å². The van der Waals surface area contributed by atoms with Gasteiger partial charge in [-0.05, 0) is 18.2 Å². The number of hydrogen-bond donors (Lipinski definition) is 1. The minimum Gasteiger partial charge on any atom is -0.210 e. The van der Waals surface area contributed by atoms with E-state index in [1.54, 1.807) is 12.1 Å². The van der Waals surface area contributed by atoms with Gasteiger partial charge in [0.15, 0.2) is 0 Å². The number of halogens is 1. The molecule has 0 fully saturated rings. The quantitative estimate of drug-likeness (QED) is 0.665. The first kappa shape index (κ1) is 12.4. The topological polar surface area (TPSA) is 70.0 Å². The molecule has 0 amide bonds. The molecule has 0 aromatic heterocycles. The first-order chi connectivity index (χ1) is 7.10. The average molecular weight is 336 g/mol. The number of nitrogens with zero attached hydrogens (tertiary/aromatic N) is 1. The van der Waals surface area contributed by atoms with E-state index in [0.29, 0.717) is 16.5 Å².